The quantitative estimate of drug-likeness (QED) is 0.815. The summed E-state index contributed by atoms with van der Waals surface area (Å²) < 4.78 is 0. The zero-order valence-corrected chi connectivity index (χ0v) is 8.89. The molecule has 0 aliphatic heterocycles. The van der Waals surface area contributed by atoms with Crippen molar-refractivity contribution >= 4 is 5.97 Å². The van der Waals surface area contributed by atoms with E-state index in [0.717, 1.165) is 0 Å². The molecule has 1 aromatic rings. The number of hydrogen-bond donors (Lipinski definition) is 1. The van der Waals surface area contributed by atoms with Crippen molar-refractivity contribution in [2.24, 2.45) is 0 Å². The summed E-state index contributed by atoms with van der Waals surface area (Å²) in [6, 6.07) is 4.76. The Morgan fingerprint density at radius 3 is 2.50 bits per heavy atom. The molecule has 0 spiro atoms. The SMILES string of the molecule is O=C(O)c1ccccn1.[Pr]. The second-order valence-electron chi connectivity index (χ2n) is 1.52. The number of carboxylic acid groups (broad SMARTS) is 1. The van der Waals surface area contributed by atoms with Crippen molar-refractivity contribution < 1.29 is 51.2 Å². The van der Waals surface area contributed by atoms with Crippen molar-refractivity contribution in [3.05, 3.63) is 30.1 Å². The second-order valence-corrected chi connectivity index (χ2v) is 1.52. The number of carboxylic acids is 1. The maximum absolute atomic E-state index is 10.1. The Kier molecular flexibility index (Phi) is 4.74. The summed E-state index contributed by atoms with van der Waals surface area (Å²) in [5.74, 6) is -0.990. The second kappa shape index (κ2) is 4.75. The minimum absolute atomic E-state index is 0. The van der Waals surface area contributed by atoms with Crippen LogP contribution < -0.4 is 0 Å². The van der Waals surface area contributed by atoms with E-state index < -0.39 is 5.97 Å². The van der Waals surface area contributed by atoms with Crippen molar-refractivity contribution in [1.82, 2.24) is 4.98 Å². The molecule has 10 heavy (non-hydrogen) atoms. The van der Waals surface area contributed by atoms with Crippen LogP contribution in [0.3, 0.4) is 0 Å². The van der Waals surface area contributed by atoms with Gasteiger partial charge in [0, 0.05) is 47.5 Å². The first kappa shape index (κ1) is 9.98. The van der Waals surface area contributed by atoms with Crippen molar-refractivity contribution in [3.8, 4) is 0 Å². The van der Waals surface area contributed by atoms with Gasteiger partial charge in [-0.25, -0.2) is 9.78 Å². The van der Waals surface area contributed by atoms with E-state index in [1.165, 1.54) is 12.3 Å². The summed E-state index contributed by atoms with van der Waals surface area (Å²) >= 11 is 0. The molecule has 0 amide bonds. The van der Waals surface area contributed by atoms with Gasteiger partial charge in [0.2, 0.25) is 0 Å². The predicted octanol–water partition coefficient (Wildman–Crippen LogP) is 0.780. The van der Waals surface area contributed by atoms with Crippen molar-refractivity contribution in [1.29, 1.82) is 0 Å². The first-order valence-corrected chi connectivity index (χ1v) is 2.45. The van der Waals surface area contributed by atoms with Crippen LogP contribution in [0.1, 0.15) is 10.5 Å². The number of nitrogens with zero attached hydrogens (tertiary/aromatic N) is 1. The van der Waals surface area contributed by atoms with E-state index in [1.54, 1.807) is 12.1 Å². The van der Waals surface area contributed by atoms with E-state index in [1.807, 2.05) is 0 Å². The number of aromatic nitrogens is 1. The number of rotatable bonds is 1. The molecular weight excluding hydrogens is 259 g/mol. The summed E-state index contributed by atoms with van der Waals surface area (Å²) in [6.45, 7) is 0. The molecule has 0 unspecified atom stereocenters. The zero-order chi connectivity index (χ0) is 6.69. The number of aromatic carboxylic acids is 1. The fraction of sp³-hybridized carbons (Fsp3) is 0. The summed E-state index contributed by atoms with van der Waals surface area (Å²) in [4.78, 5) is 13.7. The third kappa shape index (κ3) is 2.71. The standard InChI is InChI=1S/C6H5NO2.Pr/c8-6(9)5-3-1-2-4-7-5;/h1-4H,(H,8,9);. The van der Waals surface area contributed by atoms with Gasteiger partial charge in [-0.2, -0.15) is 0 Å². The molecule has 0 fully saturated rings. The molecule has 1 radical (unpaired) electrons. The van der Waals surface area contributed by atoms with Gasteiger partial charge < -0.3 is 5.11 Å². The van der Waals surface area contributed by atoms with Crippen molar-refractivity contribution in [2.45, 2.75) is 0 Å². The molecule has 0 aromatic carbocycles. The van der Waals surface area contributed by atoms with E-state index in [2.05, 4.69) is 4.98 Å². The minimum Gasteiger partial charge on any atom is -0.477 e. The molecule has 0 saturated heterocycles. The number of pyridine rings is 1. The van der Waals surface area contributed by atoms with Gasteiger partial charge in [0.25, 0.3) is 0 Å². The minimum atomic E-state index is -0.990. The monoisotopic (exact) mass is 264 g/mol. The first-order valence-electron chi connectivity index (χ1n) is 2.45. The van der Waals surface area contributed by atoms with E-state index in [-0.39, 0.29) is 47.0 Å². The van der Waals surface area contributed by atoms with Gasteiger partial charge in [-0.05, 0) is 12.1 Å². The molecule has 0 bridgehead atoms. The molecule has 0 atom stereocenters. The van der Waals surface area contributed by atoms with Crippen LogP contribution in [0.15, 0.2) is 24.4 Å². The zero-order valence-electron chi connectivity index (χ0n) is 5.19. The molecule has 1 heterocycles. The molecule has 0 aliphatic carbocycles. The average molecular weight is 264 g/mol. The van der Waals surface area contributed by atoms with E-state index in [0.29, 0.717) is 0 Å². The fourth-order valence-corrected chi connectivity index (χ4v) is 0.489. The van der Waals surface area contributed by atoms with Gasteiger partial charge in [-0.1, -0.05) is 6.07 Å². The topological polar surface area (TPSA) is 50.2 Å². The number of hydrogen-bond acceptors (Lipinski definition) is 2. The molecule has 0 aliphatic rings. The van der Waals surface area contributed by atoms with Crippen LogP contribution in [0.5, 0.6) is 0 Å². The molecule has 1 rings (SSSR count). The third-order valence-electron chi connectivity index (χ3n) is 0.884. The van der Waals surface area contributed by atoms with Crippen molar-refractivity contribution in [2.75, 3.05) is 0 Å². The van der Waals surface area contributed by atoms with Gasteiger partial charge in [0.1, 0.15) is 5.69 Å². The maximum atomic E-state index is 10.1. The van der Waals surface area contributed by atoms with Crippen LogP contribution in [-0.4, -0.2) is 16.1 Å². The summed E-state index contributed by atoms with van der Waals surface area (Å²) in [5, 5.41) is 8.32. The van der Waals surface area contributed by atoms with Crippen LogP contribution >= 0.6 is 0 Å². The van der Waals surface area contributed by atoms with Gasteiger partial charge in [-0.15, -0.1) is 0 Å². The predicted molar refractivity (Wildman–Crippen MR) is 31.2 cm³/mol. The Bertz CT molecular complexity index is 212. The molecule has 49 valence electrons. The van der Waals surface area contributed by atoms with E-state index >= 15 is 0 Å². The summed E-state index contributed by atoms with van der Waals surface area (Å²) in [7, 11) is 0. The van der Waals surface area contributed by atoms with E-state index in [4.69, 9.17) is 5.11 Å². The summed E-state index contributed by atoms with van der Waals surface area (Å²) in [5.41, 5.74) is 0.0810. The average Bonchev–Trinajstić information content (AvgIpc) is 1.90. The summed E-state index contributed by atoms with van der Waals surface area (Å²) in [6.07, 6.45) is 1.45. The maximum Gasteiger partial charge on any atom is 0.354 e. The van der Waals surface area contributed by atoms with Gasteiger partial charge in [0.15, 0.2) is 0 Å². The van der Waals surface area contributed by atoms with Crippen LogP contribution in [-0.2, 0) is 0 Å². The molecule has 1 aromatic heterocycles. The van der Waals surface area contributed by atoms with E-state index in [9.17, 15) is 4.79 Å². The van der Waals surface area contributed by atoms with Crippen molar-refractivity contribution in [3.63, 3.8) is 0 Å². The van der Waals surface area contributed by atoms with Gasteiger partial charge >= 0.3 is 5.97 Å². The largest absolute Gasteiger partial charge is 0.477 e. The Balaban J connectivity index is 0.000000810. The molecule has 1 N–H and O–H groups in total. The van der Waals surface area contributed by atoms with Crippen LogP contribution in [0.2, 0.25) is 0 Å². The Hall–Kier alpha value is -0.0164. The Labute approximate surface area is 91.4 Å². The molecule has 4 heteroatoms. The van der Waals surface area contributed by atoms with Gasteiger partial charge in [0.05, 0.1) is 0 Å². The normalized spacial score (nSPS) is 8.00. The number of carbonyl (C=O) groups is 1. The van der Waals surface area contributed by atoms with Crippen LogP contribution in [0.25, 0.3) is 0 Å². The van der Waals surface area contributed by atoms with Crippen LogP contribution in [0.4, 0.5) is 0 Å². The smallest absolute Gasteiger partial charge is 0.354 e. The Morgan fingerprint density at radius 2 is 2.20 bits per heavy atom. The molecular formula is C6H5NO2Pr. The first-order chi connectivity index (χ1) is 4.30. The third-order valence-corrected chi connectivity index (χ3v) is 0.884. The van der Waals surface area contributed by atoms with Crippen LogP contribution in [0, 0.1) is 41.3 Å². The molecule has 0 saturated carbocycles. The van der Waals surface area contributed by atoms with Gasteiger partial charge in [-0.3, -0.25) is 0 Å². The Morgan fingerprint density at radius 1 is 1.50 bits per heavy atom. The fourth-order valence-electron chi connectivity index (χ4n) is 0.489. The molecule has 3 nitrogen and oxygen atoms in total.